The molecule has 0 aromatic carbocycles. The van der Waals surface area contributed by atoms with Gasteiger partial charge in [-0.3, -0.25) is 19.9 Å². The number of nitrogens with one attached hydrogen (secondary N) is 1. The van der Waals surface area contributed by atoms with Crippen molar-refractivity contribution >= 4 is 17.7 Å². The molecule has 2 heterocycles. The molecule has 0 aromatic rings. The normalized spacial score (nSPS) is 32.6. The molecule has 0 spiro atoms. The van der Waals surface area contributed by atoms with E-state index < -0.39 is 12.1 Å². The number of piperidine rings is 1. The minimum atomic E-state index is -4.12. The topological polar surface area (TPSA) is 99.7 Å². The smallest absolute Gasteiger partial charge is 0.391 e. The average molecular weight is 557 g/mol. The van der Waals surface area contributed by atoms with Crippen LogP contribution in [0.15, 0.2) is 0 Å². The number of rotatable bonds is 9. The first-order valence-electron chi connectivity index (χ1n) is 15.2. The number of nitrogens with two attached hydrogens (primary N) is 1. The lowest BCUT2D eigenvalue weighted by atomic mass is 9.77. The zero-order valence-corrected chi connectivity index (χ0v) is 23.4. The lowest BCUT2D eigenvalue weighted by Crippen LogP contribution is -2.52. The molecule has 4 rings (SSSR count). The van der Waals surface area contributed by atoms with Crippen molar-refractivity contribution in [2.24, 2.45) is 35.3 Å². The molecule has 222 valence electrons. The van der Waals surface area contributed by atoms with Crippen LogP contribution in [0.4, 0.5) is 13.2 Å². The number of ether oxygens (including phenoxy) is 1. The number of nitrogens with zero attached hydrogens (tertiary/aromatic N) is 2. The highest BCUT2D eigenvalue weighted by atomic mass is 19.4. The van der Waals surface area contributed by atoms with Gasteiger partial charge in [0.05, 0.1) is 24.4 Å². The van der Waals surface area contributed by atoms with Gasteiger partial charge in [0.25, 0.3) is 0 Å². The Balaban J connectivity index is 1.35. The summed E-state index contributed by atoms with van der Waals surface area (Å²) in [6.07, 6.45) is 4.79. The van der Waals surface area contributed by atoms with Crippen molar-refractivity contribution in [2.45, 2.75) is 109 Å². The van der Waals surface area contributed by atoms with Crippen LogP contribution in [0.5, 0.6) is 0 Å². The first-order chi connectivity index (χ1) is 18.6. The predicted octanol–water partition coefficient (Wildman–Crippen LogP) is 5.12. The average Bonchev–Trinajstić information content (AvgIpc) is 3.26. The summed E-state index contributed by atoms with van der Waals surface area (Å²) in [6, 6.07) is -0.0613. The summed E-state index contributed by atoms with van der Waals surface area (Å²) in [6.45, 7) is 4.32. The number of hydrogen-bond acceptors (Lipinski definition) is 5. The maximum atomic E-state index is 13.9. The van der Waals surface area contributed by atoms with Crippen molar-refractivity contribution < 1.29 is 27.5 Å². The van der Waals surface area contributed by atoms with Crippen LogP contribution >= 0.6 is 0 Å². The predicted molar refractivity (Wildman–Crippen MR) is 143 cm³/mol. The molecular weight excluding hydrogens is 509 g/mol. The molecule has 0 radical (unpaired) electrons. The Bertz CT molecular complexity index is 853. The molecule has 0 aromatic heterocycles. The monoisotopic (exact) mass is 556 g/mol. The molecule has 10 heteroatoms. The fraction of sp³-hybridized carbons (Fsp3) is 0.897. The molecule has 0 bridgehead atoms. The number of amides is 1. The molecule has 2 aliphatic carbocycles. The number of hydrogen-bond donors (Lipinski definition) is 2. The van der Waals surface area contributed by atoms with Gasteiger partial charge in [-0.05, 0) is 102 Å². The molecule has 4 fully saturated rings. The number of halogens is 3. The summed E-state index contributed by atoms with van der Waals surface area (Å²) >= 11 is 0. The van der Waals surface area contributed by atoms with E-state index in [1.165, 1.54) is 0 Å². The Morgan fingerprint density at radius 1 is 0.974 bits per heavy atom. The van der Waals surface area contributed by atoms with Crippen LogP contribution in [0.25, 0.3) is 0 Å². The van der Waals surface area contributed by atoms with Gasteiger partial charge in [-0.1, -0.05) is 0 Å². The second kappa shape index (κ2) is 13.2. The van der Waals surface area contributed by atoms with Crippen molar-refractivity contribution in [3.63, 3.8) is 0 Å². The molecule has 4 aliphatic rings. The van der Waals surface area contributed by atoms with Crippen molar-refractivity contribution in [2.75, 3.05) is 26.2 Å². The van der Waals surface area contributed by atoms with E-state index in [-0.39, 0.29) is 54.5 Å². The zero-order valence-electron chi connectivity index (χ0n) is 23.4. The van der Waals surface area contributed by atoms with Crippen LogP contribution in [-0.4, -0.2) is 72.0 Å². The minimum Gasteiger partial charge on any atom is -0.466 e. The van der Waals surface area contributed by atoms with Crippen molar-refractivity contribution in [3.05, 3.63) is 0 Å². The molecule has 3 N–H and O–H groups in total. The highest BCUT2D eigenvalue weighted by Crippen LogP contribution is 2.45. The van der Waals surface area contributed by atoms with Crippen molar-refractivity contribution in [3.8, 4) is 0 Å². The van der Waals surface area contributed by atoms with E-state index in [1.807, 2.05) is 11.8 Å². The molecule has 4 atom stereocenters. The van der Waals surface area contributed by atoms with Crippen LogP contribution in [0, 0.1) is 35.0 Å². The van der Waals surface area contributed by atoms with Gasteiger partial charge in [0.1, 0.15) is 0 Å². The van der Waals surface area contributed by atoms with Crippen LogP contribution < -0.4 is 5.73 Å². The number of esters is 1. The van der Waals surface area contributed by atoms with E-state index >= 15 is 0 Å². The van der Waals surface area contributed by atoms with Gasteiger partial charge in [0, 0.05) is 38.0 Å². The Hall–Kier alpha value is -1.84. The van der Waals surface area contributed by atoms with Gasteiger partial charge in [0.2, 0.25) is 5.91 Å². The maximum absolute atomic E-state index is 13.9. The van der Waals surface area contributed by atoms with E-state index in [2.05, 4.69) is 4.90 Å². The molecule has 4 unspecified atom stereocenters. The summed E-state index contributed by atoms with van der Waals surface area (Å²) in [4.78, 5) is 29.8. The van der Waals surface area contributed by atoms with Gasteiger partial charge in [-0.2, -0.15) is 13.2 Å². The maximum Gasteiger partial charge on any atom is 0.391 e. The number of amidine groups is 1. The largest absolute Gasteiger partial charge is 0.466 e. The van der Waals surface area contributed by atoms with Gasteiger partial charge in [-0.25, -0.2) is 0 Å². The van der Waals surface area contributed by atoms with Crippen LogP contribution in [-0.2, 0) is 14.3 Å². The van der Waals surface area contributed by atoms with E-state index in [0.717, 1.165) is 64.5 Å². The third-order valence-corrected chi connectivity index (χ3v) is 10.0. The Kier molecular flexibility index (Phi) is 10.2. The third kappa shape index (κ3) is 7.67. The zero-order chi connectivity index (χ0) is 28.2. The van der Waals surface area contributed by atoms with Crippen LogP contribution in [0.1, 0.15) is 90.4 Å². The van der Waals surface area contributed by atoms with Crippen LogP contribution in [0.3, 0.4) is 0 Å². The number of likely N-dealkylation sites (tertiary alicyclic amines) is 2. The number of carbonyl (C=O) groups excluding carboxylic acids is 2. The Morgan fingerprint density at radius 3 is 2.28 bits per heavy atom. The van der Waals surface area contributed by atoms with Crippen LogP contribution in [0.2, 0.25) is 0 Å². The molecule has 1 amide bonds. The van der Waals surface area contributed by atoms with Gasteiger partial charge in [-0.15, -0.1) is 0 Å². The quantitative estimate of drug-likeness (QED) is 0.233. The summed E-state index contributed by atoms with van der Waals surface area (Å²) in [5.74, 6) is 0.0954. The van der Waals surface area contributed by atoms with Crippen molar-refractivity contribution in [1.82, 2.24) is 9.80 Å². The summed E-state index contributed by atoms with van der Waals surface area (Å²) in [7, 11) is 0. The standard InChI is InChI=1S/C29H47F3N4O3/c1-2-39-26(37)5-3-4-19-12-14-35(15-13-19)28(38)25-16-21-8-9-22(27(33)34)17-24(21)36(25)18-20-6-10-23(11-7-20)29(30,31)32/h19-25H,2-18H2,1H3,(H3,33,34). The van der Waals surface area contributed by atoms with Gasteiger partial charge in [0.15, 0.2) is 0 Å². The lowest BCUT2D eigenvalue weighted by molar-refractivity contribution is -0.184. The first kappa shape index (κ1) is 30.1. The Labute approximate surface area is 230 Å². The summed E-state index contributed by atoms with van der Waals surface area (Å²) < 4.78 is 44.7. The molecule has 2 saturated carbocycles. The molecule has 39 heavy (non-hydrogen) atoms. The Morgan fingerprint density at radius 2 is 1.67 bits per heavy atom. The van der Waals surface area contributed by atoms with Crippen molar-refractivity contribution in [1.29, 1.82) is 5.41 Å². The van der Waals surface area contributed by atoms with E-state index in [4.69, 9.17) is 15.9 Å². The number of alkyl halides is 3. The second-order valence-electron chi connectivity index (χ2n) is 12.5. The molecule has 2 saturated heterocycles. The summed E-state index contributed by atoms with van der Waals surface area (Å²) in [5.41, 5.74) is 5.88. The fourth-order valence-corrected chi connectivity index (χ4v) is 7.72. The van der Waals surface area contributed by atoms with E-state index in [9.17, 15) is 22.8 Å². The van der Waals surface area contributed by atoms with E-state index in [1.54, 1.807) is 0 Å². The molecule has 7 nitrogen and oxygen atoms in total. The van der Waals surface area contributed by atoms with Gasteiger partial charge < -0.3 is 15.4 Å². The molecule has 2 aliphatic heterocycles. The highest BCUT2D eigenvalue weighted by Gasteiger charge is 2.49. The number of fused-ring (bicyclic) bond motifs is 1. The highest BCUT2D eigenvalue weighted by molar-refractivity contribution is 5.83. The lowest BCUT2D eigenvalue weighted by Gasteiger charge is -2.41. The molecular formula is C29H47F3N4O3. The minimum absolute atomic E-state index is 0.0221. The fourth-order valence-electron chi connectivity index (χ4n) is 7.72. The SMILES string of the molecule is CCOC(=O)CCCC1CCN(C(=O)C2CC3CCC(C(=N)N)CC3N2CC2CCC(C(F)(F)F)CC2)CC1. The third-order valence-electron chi connectivity index (χ3n) is 10.0. The van der Waals surface area contributed by atoms with E-state index in [0.29, 0.717) is 44.2 Å². The first-order valence-corrected chi connectivity index (χ1v) is 15.2. The van der Waals surface area contributed by atoms with Gasteiger partial charge >= 0.3 is 12.1 Å². The number of carbonyl (C=O) groups is 2. The summed E-state index contributed by atoms with van der Waals surface area (Å²) in [5, 5.41) is 8.00. The second-order valence-corrected chi connectivity index (χ2v) is 12.5.